The van der Waals surface area contributed by atoms with E-state index in [1.165, 1.54) is 4.90 Å². The van der Waals surface area contributed by atoms with Gasteiger partial charge in [0.05, 0.1) is 24.7 Å². The number of carbonyl (C=O) groups excluding carboxylic acids is 3. The molecule has 0 aromatic rings. The number of esters is 1. The van der Waals surface area contributed by atoms with Crippen molar-refractivity contribution in [3.8, 4) is 0 Å². The zero-order valence-corrected chi connectivity index (χ0v) is 17.2. The summed E-state index contributed by atoms with van der Waals surface area (Å²) in [5.74, 6) is -2.53. The van der Waals surface area contributed by atoms with Gasteiger partial charge in [0.15, 0.2) is 0 Å². The van der Waals surface area contributed by atoms with E-state index in [9.17, 15) is 19.5 Å². The maximum absolute atomic E-state index is 13.3. The first-order chi connectivity index (χ1) is 13.3. The van der Waals surface area contributed by atoms with Crippen LogP contribution in [0.3, 0.4) is 0 Å². The molecule has 2 N–H and O–H groups in total. The van der Waals surface area contributed by atoms with Gasteiger partial charge in [-0.2, -0.15) is 0 Å². The van der Waals surface area contributed by atoms with Gasteiger partial charge in [-0.3, -0.25) is 14.4 Å². The third kappa shape index (κ3) is 3.01. The number of amides is 2. The van der Waals surface area contributed by atoms with E-state index in [1.54, 1.807) is 6.92 Å². The molecule has 158 valence electrons. The summed E-state index contributed by atoms with van der Waals surface area (Å²) < 4.78 is 11.6. The predicted molar refractivity (Wildman–Crippen MR) is 100 cm³/mol. The Morgan fingerprint density at radius 2 is 2.11 bits per heavy atom. The van der Waals surface area contributed by atoms with Gasteiger partial charge in [-0.1, -0.05) is 13.3 Å². The third-order valence-corrected chi connectivity index (χ3v) is 6.52. The van der Waals surface area contributed by atoms with Gasteiger partial charge in [0.25, 0.3) is 0 Å². The molecule has 0 radical (unpaired) electrons. The average molecular weight is 396 g/mol. The van der Waals surface area contributed by atoms with Crippen molar-refractivity contribution in [2.24, 2.45) is 11.8 Å². The largest absolute Gasteiger partial charge is 0.466 e. The van der Waals surface area contributed by atoms with Crippen LogP contribution in [0, 0.1) is 11.8 Å². The number of nitrogens with zero attached hydrogens (tertiary/aromatic N) is 1. The van der Waals surface area contributed by atoms with Crippen LogP contribution in [0.25, 0.3) is 0 Å². The van der Waals surface area contributed by atoms with E-state index in [4.69, 9.17) is 9.47 Å². The molecule has 3 fully saturated rings. The summed E-state index contributed by atoms with van der Waals surface area (Å²) in [6.07, 6.45) is 2.87. The number of nitrogens with one attached hydrogen (secondary N) is 1. The zero-order chi connectivity index (χ0) is 20.7. The summed E-state index contributed by atoms with van der Waals surface area (Å²) in [5, 5.41) is 12.5. The molecule has 2 amide bonds. The number of likely N-dealkylation sites (tertiary alicyclic amines) is 1. The van der Waals surface area contributed by atoms with Crippen LogP contribution in [0.2, 0.25) is 0 Å². The Morgan fingerprint density at radius 1 is 1.39 bits per heavy atom. The number of carbonyl (C=O) groups is 3. The van der Waals surface area contributed by atoms with Crippen LogP contribution >= 0.6 is 0 Å². The summed E-state index contributed by atoms with van der Waals surface area (Å²) in [6.45, 7) is 7.53. The maximum Gasteiger partial charge on any atom is 0.312 e. The molecule has 28 heavy (non-hydrogen) atoms. The molecule has 3 aliphatic heterocycles. The first-order valence-electron chi connectivity index (χ1n) is 10.3. The van der Waals surface area contributed by atoms with Crippen LogP contribution < -0.4 is 5.32 Å². The molecule has 0 saturated carbocycles. The van der Waals surface area contributed by atoms with E-state index < -0.39 is 35.0 Å². The van der Waals surface area contributed by atoms with Crippen molar-refractivity contribution in [1.29, 1.82) is 0 Å². The van der Waals surface area contributed by atoms with Gasteiger partial charge in [0.1, 0.15) is 17.6 Å². The molecular formula is C20H32N2O6. The molecule has 0 aromatic carbocycles. The van der Waals surface area contributed by atoms with Crippen molar-refractivity contribution in [3.05, 3.63) is 0 Å². The van der Waals surface area contributed by atoms with E-state index in [0.29, 0.717) is 12.8 Å². The molecule has 0 aliphatic carbocycles. The van der Waals surface area contributed by atoms with Crippen LogP contribution in [0.15, 0.2) is 0 Å². The lowest BCUT2D eigenvalue weighted by molar-refractivity contribution is -0.159. The van der Waals surface area contributed by atoms with Crippen LogP contribution in [0.5, 0.6) is 0 Å². The molecular weight excluding hydrogens is 364 g/mol. The van der Waals surface area contributed by atoms with Crippen LogP contribution in [-0.4, -0.2) is 70.8 Å². The third-order valence-electron chi connectivity index (χ3n) is 6.52. The average Bonchev–Trinajstić information content (AvgIpc) is 3.17. The second-order valence-electron chi connectivity index (χ2n) is 8.43. The number of ether oxygens (including phenoxy) is 2. The van der Waals surface area contributed by atoms with Gasteiger partial charge >= 0.3 is 5.97 Å². The Hall–Kier alpha value is -1.67. The van der Waals surface area contributed by atoms with Gasteiger partial charge in [-0.25, -0.2) is 0 Å². The molecule has 3 heterocycles. The van der Waals surface area contributed by atoms with Gasteiger partial charge < -0.3 is 24.8 Å². The Balaban J connectivity index is 1.97. The highest BCUT2D eigenvalue weighted by Crippen LogP contribution is 2.63. The molecule has 2 bridgehead atoms. The standard InChI is InChI=1S/C20H32N2O6/c1-5-7-12(3)21-16(24)15-20-9-8-19(4,28-20)14(18(26)27-6-2)13(20)17(25)22(15)10-11-23/h12-15,23H,5-11H2,1-4H3,(H,21,24)/t12?,13-,14+,15?,19-,20?/m0/s1. The van der Waals surface area contributed by atoms with Crippen molar-refractivity contribution in [2.75, 3.05) is 19.8 Å². The topological polar surface area (TPSA) is 105 Å². The summed E-state index contributed by atoms with van der Waals surface area (Å²) in [7, 11) is 0. The summed E-state index contributed by atoms with van der Waals surface area (Å²) >= 11 is 0. The summed E-state index contributed by atoms with van der Waals surface area (Å²) in [6, 6.07) is -0.883. The number of rotatable bonds is 8. The minimum absolute atomic E-state index is 0.0333. The molecule has 3 rings (SSSR count). The first kappa shape index (κ1) is 21.0. The fourth-order valence-electron chi connectivity index (χ4n) is 5.49. The van der Waals surface area contributed by atoms with Crippen molar-refractivity contribution in [3.63, 3.8) is 0 Å². The number of hydrogen-bond donors (Lipinski definition) is 2. The van der Waals surface area contributed by atoms with E-state index in [-0.39, 0.29) is 37.6 Å². The second-order valence-corrected chi connectivity index (χ2v) is 8.43. The highest BCUT2D eigenvalue weighted by atomic mass is 16.6. The van der Waals surface area contributed by atoms with E-state index in [1.807, 2.05) is 20.8 Å². The molecule has 3 aliphatic rings. The van der Waals surface area contributed by atoms with E-state index >= 15 is 0 Å². The van der Waals surface area contributed by atoms with Crippen molar-refractivity contribution >= 4 is 17.8 Å². The number of fused-ring (bicyclic) bond motifs is 1. The quantitative estimate of drug-likeness (QED) is 0.583. The molecule has 3 saturated heterocycles. The van der Waals surface area contributed by atoms with Gasteiger partial charge in [0.2, 0.25) is 11.8 Å². The Kier molecular flexibility index (Phi) is 5.74. The smallest absolute Gasteiger partial charge is 0.312 e. The van der Waals surface area contributed by atoms with Crippen molar-refractivity contribution in [1.82, 2.24) is 10.2 Å². The lowest BCUT2D eigenvalue weighted by atomic mass is 9.66. The fourth-order valence-corrected chi connectivity index (χ4v) is 5.49. The number of aliphatic hydroxyl groups excluding tert-OH is 1. The molecule has 3 unspecified atom stereocenters. The van der Waals surface area contributed by atoms with Crippen molar-refractivity contribution in [2.45, 2.75) is 76.7 Å². The SMILES string of the molecule is CCCC(C)NC(=O)C1N(CCO)C(=O)[C@@H]2[C@H](C(=O)OCC)[C@]3(C)CCC12O3. The number of β-amino-alcohol motifs (C(OH)–C–C–N with tert-alkyl or cyclic N) is 1. The predicted octanol–water partition coefficient (Wildman–Crippen LogP) is 0.611. The second kappa shape index (κ2) is 7.63. The number of hydrogen-bond acceptors (Lipinski definition) is 6. The maximum atomic E-state index is 13.3. The Labute approximate surface area is 165 Å². The highest BCUT2D eigenvalue weighted by molar-refractivity contribution is 5.98. The molecule has 0 aromatic heterocycles. The molecule has 8 heteroatoms. The zero-order valence-electron chi connectivity index (χ0n) is 17.2. The Bertz CT molecular complexity index is 655. The van der Waals surface area contributed by atoms with Gasteiger partial charge in [-0.15, -0.1) is 0 Å². The fraction of sp³-hybridized carbons (Fsp3) is 0.850. The first-order valence-corrected chi connectivity index (χ1v) is 10.3. The van der Waals surface area contributed by atoms with Gasteiger partial charge in [0, 0.05) is 12.6 Å². The normalized spacial score (nSPS) is 37.1. The van der Waals surface area contributed by atoms with E-state index in [0.717, 1.165) is 12.8 Å². The van der Waals surface area contributed by atoms with Crippen LogP contribution in [-0.2, 0) is 23.9 Å². The lowest BCUT2D eigenvalue weighted by Gasteiger charge is -2.34. The summed E-state index contributed by atoms with van der Waals surface area (Å²) in [4.78, 5) is 40.6. The number of aliphatic hydroxyl groups is 1. The highest BCUT2D eigenvalue weighted by Gasteiger charge is 2.78. The van der Waals surface area contributed by atoms with Crippen LogP contribution in [0.4, 0.5) is 0 Å². The molecule has 1 spiro atoms. The lowest BCUT2D eigenvalue weighted by Crippen LogP contribution is -2.56. The van der Waals surface area contributed by atoms with E-state index in [2.05, 4.69) is 5.32 Å². The monoisotopic (exact) mass is 396 g/mol. The van der Waals surface area contributed by atoms with Crippen molar-refractivity contribution < 1.29 is 29.0 Å². The minimum Gasteiger partial charge on any atom is -0.466 e. The molecule has 8 nitrogen and oxygen atoms in total. The van der Waals surface area contributed by atoms with Gasteiger partial charge in [-0.05, 0) is 40.0 Å². The Morgan fingerprint density at radius 3 is 2.71 bits per heavy atom. The van der Waals surface area contributed by atoms with Crippen LogP contribution in [0.1, 0.15) is 53.4 Å². The molecule has 6 atom stereocenters. The minimum atomic E-state index is -1.05. The summed E-state index contributed by atoms with van der Waals surface area (Å²) in [5.41, 5.74) is -1.86.